The lowest BCUT2D eigenvalue weighted by molar-refractivity contribution is 0.0526. The predicted molar refractivity (Wildman–Crippen MR) is 109 cm³/mol. The first-order chi connectivity index (χ1) is 13.9. The number of benzene rings is 2. The Morgan fingerprint density at radius 3 is 2.31 bits per heavy atom. The third-order valence-corrected chi connectivity index (χ3v) is 6.68. The Morgan fingerprint density at radius 2 is 1.66 bits per heavy atom. The second-order valence-electron chi connectivity index (χ2n) is 6.71. The SMILES string of the molecule is CCOC(=O)c1ccc(NC(=O)c2ccccc2S(=O)(=O)N2CCCCC2)cc1. The Balaban J connectivity index is 1.81. The van der Waals surface area contributed by atoms with Crippen molar-refractivity contribution in [3.63, 3.8) is 0 Å². The predicted octanol–water partition coefficient (Wildman–Crippen LogP) is 3.29. The van der Waals surface area contributed by atoms with Gasteiger partial charge < -0.3 is 10.1 Å². The van der Waals surface area contributed by atoms with Gasteiger partial charge in [0.05, 0.1) is 22.6 Å². The molecule has 0 aromatic heterocycles. The molecule has 154 valence electrons. The van der Waals surface area contributed by atoms with E-state index in [1.807, 2.05) is 0 Å². The quantitative estimate of drug-likeness (QED) is 0.730. The molecule has 7 nitrogen and oxygen atoms in total. The molecule has 0 spiro atoms. The maximum atomic E-state index is 13.0. The van der Waals surface area contributed by atoms with Gasteiger partial charge >= 0.3 is 5.97 Å². The average molecular weight is 416 g/mol. The number of carbonyl (C=O) groups excluding carboxylic acids is 2. The lowest BCUT2D eigenvalue weighted by Gasteiger charge is -2.26. The molecule has 29 heavy (non-hydrogen) atoms. The van der Waals surface area contributed by atoms with E-state index in [0.717, 1.165) is 19.3 Å². The van der Waals surface area contributed by atoms with E-state index in [4.69, 9.17) is 4.74 Å². The zero-order valence-electron chi connectivity index (χ0n) is 16.3. The summed E-state index contributed by atoms with van der Waals surface area (Å²) in [5.74, 6) is -0.964. The Labute approximate surface area is 170 Å². The zero-order valence-corrected chi connectivity index (χ0v) is 17.1. The molecule has 0 aliphatic carbocycles. The lowest BCUT2D eigenvalue weighted by Crippen LogP contribution is -2.36. The number of esters is 1. The van der Waals surface area contributed by atoms with Crippen LogP contribution in [0.2, 0.25) is 0 Å². The minimum Gasteiger partial charge on any atom is -0.462 e. The van der Waals surface area contributed by atoms with Crippen molar-refractivity contribution in [2.75, 3.05) is 25.0 Å². The molecule has 0 bridgehead atoms. The van der Waals surface area contributed by atoms with Crippen LogP contribution in [0, 0.1) is 0 Å². The second-order valence-corrected chi connectivity index (χ2v) is 8.62. The molecule has 3 rings (SSSR count). The first kappa shape index (κ1) is 21.0. The van der Waals surface area contributed by atoms with E-state index in [-0.39, 0.29) is 17.1 Å². The fourth-order valence-electron chi connectivity index (χ4n) is 3.23. The van der Waals surface area contributed by atoms with Crippen LogP contribution in [0.5, 0.6) is 0 Å². The Kier molecular flexibility index (Phi) is 6.66. The number of hydrogen-bond donors (Lipinski definition) is 1. The summed E-state index contributed by atoms with van der Waals surface area (Å²) in [4.78, 5) is 24.5. The minimum atomic E-state index is -3.74. The number of nitrogens with one attached hydrogen (secondary N) is 1. The number of amides is 1. The van der Waals surface area contributed by atoms with Crippen LogP contribution in [0.4, 0.5) is 5.69 Å². The molecule has 1 aliphatic heterocycles. The second kappa shape index (κ2) is 9.19. The highest BCUT2D eigenvalue weighted by atomic mass is 32.2. The summed E-state index contributed by atoms with van der Waals surface area (Å²) in [6, 6.07) is 12.4. The summed E-state index contributed by atoms with van der Waals surface area (Å²) >= 11 is 0. The van der Waals surface area contributed by atoms with Gasteiger partial charge in [-0.25, -0.2) is 13.2 Å². The van der Waals surface area contributed by atoms with Crippen molar-refractivity contribution in [2.45, 2.75) is 31.1 Å². The number of rotatable bonds is 6. The summed E-state index contributed by atoms with van der Waals surface area (Å²) in [6.07, 6.45) is 2.65. The molecule has 0 atom stereocenters. The third-order valence-electron chi connectivity index (χ3n) is 4.72. The smallest absolute Gasteiger partial charge is 0.338 e. The number of piperidine rings is 1. The number of anilines is 1. The molecule has 0 radical (unpaired) electrons. The van der Waals surface area contributed by atoms with Gasteiger partial charge in [-0.1, -0.05) is 18.6 Å². The molecule has 1 heterocycles. The highest BCUT2D eigenvalue weighted by molar-refractivity contribution is 7.89. The van der Waals surface area contributed by atoms with Gasteiger partial charge in [-0.3, -0.25) is 4.79 Å². The van der Waals surface area contributed by atoms with Crippen LogP contribution in [0.15, 0.2) is 53.4 Å². The van der Waals surface area contributed by atoms with E-state index in [2.05, 4.69) is 5.32 Å². The Bertz CT molecular complexity index is 980. The van der Waals surface area contributed by atoms with Crippen LogP contribution < -0.4 is 5.32 Å². The first-order valence-electron chi connectivity index (χ1n) is 9.61. The average Bonchev–Trinajstić information content (AvgIpc) is 2.75. The molecule has 1 aliphatic rings. The number of carbonyl (C=O) groups is 2. The largest absolute Gasteiger partial charge is 0.462 e. The van der Waals surface area contributed by atoms with E-state index >= 15 is 0 Å². The molecule has 8 heteroatoms. The lowest BCUT2D eigenvalue weighted by atomic mass is 10.2. The molecule has 0 unspecified atom stereocenters. The van der Waals surface area contributed by atoms with Crippen LogP contribution >= 0.6 is 0 Å². The van der Waals surface area contributed by atoms with Gasteiger partial charge in [0.15, 0.2) is 0 Å². The number of nitrogens with zero attached hydrogens (tertiary/aromatic N) is 1. The summed E-state index contributed by atoms with van der Waals surface area (Å²) in [7, 11) is -3.74. The summed E-state index contributed by atoms with van der Waals surface area (Å²) in [5.41, 5.74) is 0.915. The molecule has 1 N–H and O–H groups in total. The molecule has 1 saturated heterocycles. The molecular weight excluding hydrogens is 392 g/mol. The number of sulfonamides is 1. The van der Waals surface area contributed by atoms with Crippen molar-refractivity contribution < 1.29 is 22.7 Å². The molecular formula is C21H24N2O5S. The van der Waals surface area contributed by atoms with E-state index in [9.17, 15) is 18.0 Å². The van der Waals surface area contributed by atoms with Crippen LogP contribution in [0.3, 0.4) is 0 Å². The molecule has 1 amide bonds. The van der Waals surface area contributed by atoms with Gasteiger partial charge in [-0.2, -0.15) is 4.31 Å². The first-order valence-corrected chi connectivity index (χ1v) is 11.0. The normalized spacial score (nSPS) is 14.9. The molecule has 2 aromatic rings. The monoisotopic (exact) mass is 416 g/mol. The van der Waals surface area contributed by atoms with Crippen LogP contribution in [0.1, 0.15) is 46.9 Å². The topological polar surface area (TPSA) is 92.8 Å². The maximum absolute atomic E-state index is 13.0. The van der Waals surface area contributed by atoms with Crippen molar-refractivity contribution >= 4 is 27.6 Å². The van der Waals surface area contributed by atoms with Gasteiger partial charge in [-0.05, 0) is 56.2 Å². The van der Waals surface area contributed by atoms with E-state index < -0.39 is 21.9 Å². The van der Waals surface area contributed by atoms with Gasteiger partial charge in [0.25, 0.3) is 5.91 Å². The summed E-state index contributed by atoms with van der Waals surface area (Å²) in [6.45, 7) is 2.93. The molecule has 2 aromatic carbocycles. The minimum absolute atomic E-state index is 0.00236. The molecule has 0 saturated carbocycles. The zero-order chi connectivity index (χ0) is 20.9. The van der Waals surface area contributed by atoms with E-state index in [0.29, 0.717) is 24.3 Å². The fraction of sp³-hybridized carbons (Fsp3) is 0.333. The molecule has 1 fully saturated rings. The van der Waals surface area contributed by atoms with Crippen molar-refractivity contribution in [3.8, 4) is 0 Å². The highest BCUT2D eigenvalue weighted by Crippen LogP contribution is 2.24. The highest BCUT2D eigenvalue weighted by Gasteiger charge is 2.29. The third kappa shape index (κ3) is 4.83. The number of ether oxygens (including phenoxy) is 1. The summed E-state index contributed by atoms with van der Waals surface area (Å²) in [5, 5.41) is 2.70. The van der Waals surface area contributed by atoms with Crippen LogP contribution in [-0.4, -0.2) is 44.3 Å². The number of hydrogen-bond acceptors (Lipinski definition) is 5. The Hall–Kier alpha value is -2.71. The van der Waals surface area contributed by atoms with E-state index in [1.54, 1.807) is 43.3 Å². The maximum Gasteiger partial charge on any atom is 0.338 e. The van der Waals surface area contributed by atoms with Gasteiger partial charge in [0, 0.05) is 18.8 Å². The van der Waals surface area contributed by atoms with Crippen molar-refractivity contribution in [3.05, 3.63) is 59.7 Å². The van der Waals surface area contributed by atoms with Crippen LogP contribution in [-0.2, 0) is 14.8 Å². The fourth-order valence-corrected chi connectivity index (χ4v) is 4.93. The standard InChI is InChI=1S/C21H24N2O5S/c1-2-28-21(25)16-10-12-17(13-11-16)22-20(24)18-8-4-5-9-19(18)29(26,27)23-14-6-3-7-15-23/h4-5,8-13H,2-3,6-7,14-15H2,1H3,(H,22,24). The van der Waals surface area contributed by atoms with Gasteiger partial charge in [0.2, 0.25) is 10.0 Å². The van der Waals surface area contributed by atoms with Gasteiger partial charge in [-0.15, -0.1) is 0 Å². The van der Waals surface area contributed by atoms with Crippen molar-refractivity contribution in [1.29, 1.82) is 0 Å². The van der Waals surface area contributed by atoms with Crippen molar-refractivity contribution in [2.24, 2.45) is 0 Å². The van der Waals surface area contributed by atoms with Gasteiger partial charge in [0.1, 0.15) is 0 Å². The van der Waals surface area contributed by atoms with E-state index in [1.165, 1.54) is 16.4 Å². The Morgan fingerprint density at radius 1 is 1.00 bits per heavy atom. The van der Waals surface area contributed by atoms with Crippen molar-refractivity contribution in [1.82, 2.24) is 4.31 Å². The van der Waals surface area contributed by atoms with Crippen LogP contribution in [0.25, 0.3) is 0 Å². The summed E-state index contributed by atoms with van der Waals surface area (Å²) < 4.78 is 32.5.